The molecule has 2 rings (SSSR count). The average molecular weight is 294 g/mol. The van der Waals surface area contributed by atoms with Crippen LogP contribution < -0.4 is 10.2 Å². The maximum absolute atomic E-state index is 12.5. The second-order valence-electron chi connectivity index (χ2n) is 5.25. The van der Waals surface area contributed by atoms with E-state index in [1.54, 1.807) is 11.0 Å². The molecule has 22 heavy (non-hydrogen) atoms. The number of carbonyl (C=O) groups excluding carboxylic acids is 1. The number of carbonyl (C=O) groups is 1. The van der Waals surface area contributed by atoms with Crippen LogP contribution in [0.2, 0.25) is 0 Å². The molecule has 0 radical (unpaired) electrons. The van der Waals surface area contributed by atoms with Crippen molar-refractivity contribution in [1.82, 2.24) is 0 Å². The molecule has 2 aromatic rings. The van der Waals surface area contributed by atoms with Crippen molar-refractivity contribution in [2.75, 3.05) is 23.3 Å². The molecule has 0 spiro atoms. The maximum atomic E-state index is 12.5. The fourth-order valence-corrected chi connectivity index (χ4v) is 2.44. The van der Waals surface area contributed by atoms with Crippen LogP contribution in [0.4, 0.5) is 11.4 Å². The fraction of sp³-hybridized carbons (Fsp3) is 0.211. The van der Waals surface area contributed by atoms with Crippen molar-refractivity contribution in [1.29, 1.82) is 0 Å². The Bertz CT molecular complexity index is 629. The van der Waals surface area contributed by atoms with Gasteiger partial charge in [0.15, 0.2) is 0 Å². The number of benzene rings is 2. The summed E-state index contributed by atoms with van der Waals surface area (Å²) < 4.78 is 0. The van der Waals surface area contributed by atoms with E-state index in [0.29, 0.717) is 6.54 Å². The third-order valence-corrected chi connectivity index (χ3v) is 3.58. The van der Waals surface area contributed by atoms with Crippen molar-refractivity contribution in [3.05, 3.63) is 72.3 Å². The third kappa shape index (κ3) is 3.76. The quantitative estimate of drug-likeness (QED) is 0.819. The Kier molecular flexibility index (Phi) is 5.37. The molecule has 1 N–H and O–H groups in total. The van der Waals surface area contributed by atoms with Crippen LogP contribution >= 0.6 is 0 Å². The molecule has 0 heterocycles. The molecule has 1 amide bonds. The first kappa shape index (κ1) is 15.8. The van der Waals surface area contributed by atoms with Crippen molar-refractivity contribution in [2.24, 2.45) is 0 Å². The highest BCUT2D eigenvalue weighted by Gasteiger charge is 2.14. The number of hydrogen-bond acceptors (Lipinski definition) is 2. The molecule has 0 fully saturated rings. The van der Waals surface area contributed by atoms with Gasteiger partial charge < -0.3 is 10.2 Å². The highest BCUT2D eigenvalue weighted by Crippen LogP contribution is 2.19. The highest BCUT2D eigenvalue weighted by molar-refractivity contribution is 5.96. The average Bonchev–Trinajstić information content (AvgIpc) is 2.52. The molecule has 0 saturated carbocycles. The Morgan fingerprint density at radius 3 is 2.32 bits per heavy atom. The summed E-state index contributed by atoms with van der Waals surface area (Å²) >= 11 is 0. The minimum atomic E-state index is 0.0220. The lowest BCUT2D eigenvalue weighted by Gasteiger charge is -2.22. The van der Waals surface area contributed by atoms with Gasteiger partial charge in [-0.15, -0.1) is 6.58 Å². The molecule has 0 aliphatic heterocycles. The van der Waals surface area contributed by atoms with Crippen molar-refractivity contribution in [3.8, 4) is 0 Å². The summed E-state index contributed by atoms with van der Waals surface area (Å²) in [6, 6.07) is 15.8. The van der Waals surface area contributed by atoms with Gasteiger partial charge in [0.1, 0.15) is 0 Å². The lowest BCUT2D eigenvalue weighted by Crippen LogP contribution is -2.35. The second-order valence-corrected chi connectivity index (χ2v) is 5.25. The van der Waals surface area contributed by atoms with Crippen molar-refractivity contribution < 1.29 is 4.79 Å². The van der Waals surface area contributed by atoms with Crippen LogP contribution in [0, 0.1) is 13.8 Å². The number of rotatable bonds is 6. The van der Waals surface area contributed by atoms with Gasteiger partial charge in [-0.05, 0) is 37.1 Å². The van der Waals surface area contributed by atoms with Gasteiger partial charge in [-0.1, -0.05) is 42.5 Å². The summed E-state index contributed by atoms with van der Waals surface area (Å²) in [4.78, 5) is 14.3. The normalized spacial score (nSPS) is 10.1. The van der Waals surface area contributed by atoms with E-state index < -0.39 is 0 Å². The number of aryl methyl sites for hydroxylation is 2. The zero-order valence-electron chi connectivity index (χ0n) is 13.2. The van der Waals surface area contributed by atoms with Crippen LogP contribution in [0.5, 0.6) is 0 Å². The first-order valence-electron chi connectivity index (χ1n) is 7.40. The number of amides is 1. The smallest absolute Gasteiger partial charge is 0.246 e. The Morgan fingerprint density at radius 2 is 1.73 bits per heavy atom. The lowest BCUT2D eigenvalue weighted by molar-refractivity contribution is -0.116. The van der Waals surface area contributed by atoms with E-state index in [1.807, 2.05) is 62.4 Å². The predicted molar refractivity (Wildman–Crippen MR) is 93.4 cm³/mol. The number of para-hydroxylation sites is 2. The van der Waals surface area contributed by atoms with Crippen LogP contribution in [-0.2, 0) is 4.79 Å². The Labute approximate surface area is 132 Å². The minimum Gasteiger partial charge on any atom is -0.376 e. The van der Waals surface area contributed by atoms with Crippen LogP contribution in [0.25, 0.3) is 0 Å². The van der Waals surface area contributed by atoms with Crippen molar-refractivity contribution in [2.45, 2.75) is 13.8 Å². The topological polar surface area (TPSA) is 32.3 Å². The van der Waals surface area contributed by atoms with E-state index in [0.717, 1.165) is 22.5 Å². The molecular weight excluding hydrogens is 272 g/mol. The molecule has 2 aromatic carbocycles. The Morgan fingerprint density at radius 1 is 1.09 bits per heavy atom. The van der Waals surface area contributed by atoms with E-state index in [9.17, 15) is 4.79 Å². The van der Waals surface area contributed by atoms with E-state index in [4.69, 9.17) is 0 Å². The lowest BCUT2D eigenvalue weighted by atomic mass is 10.1. The van der Waals surface area contributed by atoms with Crippen molar-refractivity contribution >= 4 is 17.3 Å². The number of nitrogens with one attached hydrogen (secondary N) is 1. The van der Waals surface area contributed by atoms with Gasteiger partial charge in [0, 0.05) is 17.9 Å². The maximum Gasteiger partial charge on any atom is 0.246 e. The van der Waals surface area contributed by atoms with Gasteiger partial charge in [0.05, 0.1) is 6.54 Å². The summed E-state index contributed by atoms with van der Waals surface area (Å²) in [6.07, 6.45) is 1.74. The Hall–Kier alpha value is -2.55. The monoisotopic (exact) mass is 294 g/mol. The SMILES string of the molecule is C=CCN(C(=O)CNc1c(C)cccc1C)c1ccccc1. The molecule has 3 heteroatoms. The van der Waals surface area contributed by atoms with Gasteiger partial charge in [-0.2, -0.15) is 0 Å². The van der Waals surface area contributed by atoms with Gasteiger partial charge in [-0.25, -0.2) is 0 Å². The summed E-state index contributed by atoms with van der Waals surface area (Å²) in [5, 5.41) is 3.26. The number of anilines is 2. The Balaban J connectivity index is 2.11. The molecule has 0 aliphatic rings. The molecule has 3 nitrogen and oxygen atoms in total. The minimum absolute atomic E-state index is 0.0220. The van der Waals surface area contributed by atoms with Crippen LogP contribution in [-0.4, -0.2) is 19.0 Å². The zero-order chi connectivity index (χ0) is 15.9. The van der Waals surface area contributed by atoms with Crippen LogP contribution in [0.15, 0.2) is 61.2 Å². The standard InChI is InChI=1S/C19H22N2O/c1-4-13-21(17-11-6-5-7-12-17)18(22)14-20-19-15(2)9-8-10-16(19)3/h4-12,20H,1,13-14H2,2-3H3. The van der Waals surface area contributed by atoms with Crippen LogP contribution in [0.1, 0.15) is 11.1 Å². The number of hydrogen-bond donors (Lipinski definition) is 1. The summed E-state index contributed by atoms with van der Waals surface area (Å²) in [7, 11) is 0. The van der Waals surface area contributed by atoms with Gasteiger partial charge in [0.2, 0.25) is 5.91 Å². The van der Waals surface area contributed by atoms with E-state index in [-0.39, 0.29) is 12.5 Å². The zero-order valence-corrected chi connectivity index (χ0v) is 13.2. The largest absolute Gasteiger partial charge is 0.376 e. The number of nitrogens with zero attached hydrogens (tertiary/aromatic N) is 1. The van der Waals surface area contributed by atoms with Crippen molar-refractivity contribution in [3.63, 3.8) is 0 Å². The first-order valence-corrected chi connectivity index (χ1v) is 7.40. The summed E-state index contributed by atoms with van der Waals surface area (Å²) in [5.74, 6) is 0.0220. The molecule has 114 valence electrons. The fourth-order valence-electron chi connectivity index (χ4n) is 2.44. The van der Waals surface area contributed by atoms with E-state index in [1.165, 1.54) is 0 Å². The van der Waals surface area contributed by atoms with E-state index >= 15 is 0 Å². The van der Waals surface area contributed by atoms with Crippen LogP contribution in [0.3, 0.4) is 0 Å². The second kappa shape index (κ2) is 7.46. The summed E-state index contributed by atoms with van der Waals surface area (Å²) in [6.45, 7) is 8.58. The van der Waals surface area contributed by atoms with Gasteiger partial charge in [-0.3, -0.25) is 4.79 Å². The third-order valence-electron chi connectivity index (χ3n) is 3.58. The molecule has 0 atom stereocenters. The predicted octanol–water partition coefficient (Wildman–Crippen LogP) is 3.93. The molecule has 0 saturated heterocycles. The molecule has 0 bridgehead atoms. The van der Waals surface area contributed by atoms with E-state index in [2.05, 4.69) is 11.9 Å². The molecule has 0 unspecified atom stereocenters. The van der Waals surface area contributed by atoms with Gasteiger partial charge >= 0.3 is 0 Å². The summed E-state index contributed by atoms with van der Waals surface area (Å²) in [5.41, 5.74) is 4.20. The molecular formula is C19H22N2O. The highest BCUT2D eigenvalue weighted by atomic mass is 16.2. The molecule has 0 aliphatic carbocycles. The molecule has 0 aromatic heterocycles. The first-order chi connectivity index (χ1) is 10.6. The van der Waals surface area contributed by atoms with Gasteiger partial charge in [0.25, 0.3) is 0 Å².